The molecule has 0 radical (unpaired) electrons. The fourth-order valence-electron chi connectivity index (χ4n) is 2.06. The highest BCUT2D eigenvalue weighted by Gasteiger charge is 2.19. The number of halogens is 2. The summed E-state index contributed by atoms with van der Waals surface area (Å²) in [6, 6.07) is 12.6. The number of aliphatic imine (C=N–C) groups is 1. The summed E-state index contributed by atoms with van der Waals surface area (Å²) in [7, 11) is 0. The third-order valence-corrected chi connectivity index (χ3v) is 4.78. The van der Waals surface area contributed by atoms with Crippen LogP contribution in [0.1, 0.15) is 11.1 Å². The van der Waals surface area contributed by atoms with Gasteiger partial charge in [0.1, 0.15) is 12.4 Å². The molecule has 1 heterocycles. The zero-order chi connectivity index (χ0) is 17.1. The quantitative estimate of drug-likeness (QED) is 0.795. The Morgan fingerprint density at radius 1 is 1.12 bits per heavy atom. The number of carbonyl (C=O) groups is 1. The second-order valence-electron chi connectivity index (χ2n) is 4.92. The van der Waals surface area contributed by atoms with Crippen LogP contribution in [0.5, 0.6) is 5.75 Å². The van der Waals surface area contributed by atoms with E-state index in [0.29, 0.717) is 20.7 Å². The molecule has 2 aromatic rings. The van der Waals surface area contributed by atoms with Crippen LogP contribution in [0.3, 0.4) is 0 Å². The molecule has 7 heteroatoms. The smallest absolute Gasteiger partial charge is 0.286 e. The van der Waals surface area contributed by atoms with Crippen molar-refractivity contribution < 1.29 is 9.53 Å². The van der Waals surface area contributed by atoms with E-state index in [1.54, 1.807) is 24.3 Å². The number of amidine groups is 1. The van der Waals surface area contributed by atoms with Crippen molar-refractivity contribution in [1.29, 1.82) is 0 Å². The molecular weight excluding hydrogens is 367 g/mol. The lowest BCUT2D eigenvalue weighted by Gasteiger charge is -2.09. The van der Waals surface area contributed by atoms with Gasteiger partial charge in [0.15, 0.2) is 5.17 Å². The molecule has 3 rings (SSSR count). The molecule has 1 aliphatic heterocycles. The minimum atomic E-state index is -0.314. The van der Waals surface area contributed by atoms with Crippen molar-refractivity contribution in [1.82, 2.24) is 0 Å². The Bertz CT molecular complexity index is 828. The van der Waals surface area contributed by atoms with Crippen molar-refractivity contribution in [2.45, 2.75) is 6.61 Å². The van der Waals surface area contributed by atoms with Crippen molar-refractivity contribution in [2.24, 2.45) is 10.7 Å². The van der Waals surface area contributed by atoms with Gasteiger partial charge in [0, 0.05) is 15.6 Å². The van der Waals surface area contributed by atoms with Crippen LogP contribution in [0.25, 0.3) is 6.08 Å². The van der Waals surface area contributed by atoms with Gasteiger partial charge in [-0.3, -0.25) is 4.79 Å². The molecule has 1 amide bonds. The van der Waals surface area contributed by atoms with Gasteiger partial charge in [-0.05, 0) is 47.7 Å². The van der Waals surface area contributed by atoms with Gasteiger partial charge in [-0.25, -0.2) is 0 Å². The highest BCUT2D eigenvalue weighted by Crippen LogP contribution is 2.28. The topological polar surface area (TPSA) is 64.7 Å². The maximum Gasteiger partial charge on any atom is 0.286 e. The number of nitrogens with two attached hydrogens (primary N) is 1. The van der Waals surface area contributed by atoms with Crippen molar-refractivity contribution in [3.63, 3.8) is 0 Å². The zero-order valence-electron chi connectivity index (χ0n) is 12.3. The van der Waals surface area contributed by atoms with Crippen molar-refractivity contribution in [3.05, 3.63) is 68.5 Å². The number of hydrogen-bond donors (Lipinski definition) is 1. The van der Waals surface area contributed by atoms with Gasteiger partial charge in [0.05, 0.1) is 4.91 Å². The first-order chi connectivity index (χ1) is 11.5. The Labute approximate surface area is 153 Å². The average Bonchev–Trinajstić information content (AvgIpc) is 2.86. The highest BCUT2D eigenvalue weighted by atomic mass is 35.5. The van der Waals surface area contributed by atoms with E-state index in [0.717, 1.165) is 22.9 Å². The van der Waals surface area contributed by atoms with Gasteiger partial charge in [-0.1, -0.05) is 41.4 Å². The first-order valence-corrected chi connectivity index (χ1v) is 8.54. The molecule has 0 bridgehead atoms. The lowest BCUT2D eigenvalue weighted by Crippen LogP contribution is -2.01. The fraction of sp³-hybridized carbons (Fsp3) is 0.0588. The average molecular weight is 379 g/mol. The summed E-state index contributed by atoms with van der Waals surface area (Å²) >= 11 is 13.4. The van der Waals surface area contributed by atoms with Gasteiger partial charge in [-0.2, -0.15) is 4.99 Å². The lowest BCUT2D eigenvalue weighted by molar-refractivity contribution is -0.113. The SMILES string of the molecule is NC1=NC(=O)/C(=C/c2ccc(OCc3c(Cl)cccc3Cl)cc2)S1. The molecule has 0 saturated carbocycles. The summed E-state index contributed by atoms with van der Waals surface area (Å²) in [6.07, 6.45) is 1.74. The number of hydrogen-bond acceptors (Lipinski definition) is 4. The van der Waals surface area contributed by atoms with Crippen LogP contribution in [0.15, 0.2) is 52.4 Å². The summed E-state index contributed by atoms with van der Waals surface area (Å²) in [6.45, 7) is 0.275. The standard InChI is InChI=1S/C17H12Cl2N2O2S/c18-13-2-1-3-14(19)12(13)9-23-11-6-4-10(5-7-11)8-15-16(22)21-17(20)24-15/h1-8H,9H2,(H2,20,21,22)/b15-8-. The summed E-state index contributed by atoms with van der Waals surface area (Å²) in [5, 5.41) is 1.40. The van der Waals surface area contributed by atoms with E-state index >= 15 is 0 Å². The maximum absolute atomic E-state index is 11.6. The largest absolute Gasteiger partial charge is 0.489 e. The molecule has 122 valence electrons. The zero-order valence-corrected chi connectivity index (χ0v) is 14.7. The number of rotatable bonds is 4. The van der Waals surface area contributed by atoms with Gasteiger partial charge < -0.3 is 10.5 Å². The fourth-order valence-corrected chi connectivity index (χ4v) is 3.25. The number of benzene rings is 2. The normalized spacial score (nSPS) is 15.7. The minimum absolute atomic E-state index is 0.267. The molecule has 0 aliphatic carbocycles. The number of thioether (sulfide) groups is 1. The van der Waals surface area contributed by atoms with Crippen LogP contribution in [-0.2, 0) is 11.4 Å². The predicted octanol–water partition coefficient (Wildman–Crippen LogP) is 4.50. The number of carbonyl (C=O) groups excluding carboxylic acids is 1. The first-order valence-electron chi connectivity index (χ1n) is 6.97. The van der Waals surface area contributed by atoms with E-state index in [1.807, 2.05) is 24.3 Å². The molecule has 0 unspecified atom stereocenters. The molecule has 1 aliphatic rings. The van der Waals surface area contributed by atoms with E-state index in [1.165, 1.54) is 0 Å². The van der Waals surface area contributed by atoms with Crippen LogP contribution in [0, 0.1) is 0 Å². The van der Waals surface area contributed by atoms with Crippen molar-refractivity contribution in [3.8, 4) is 5.75 Å². The number of ether oxygens (including phenoxy) is 1. The third kappa shape index (κ3) is 3.93. The molecular formula is C17H12Cl2N2O2S. The van der Waals surface area contributed by atoms with Gasteiger partial charge in [0.25, 0.3) is 5.91 Å². The predicted molar refractivity (Wildman–Crippen MR) is 99.4 cm³/mol. The van der Waals surface area contributed by atoms with Crippen LogP contribution in [0.2, 0.25) is 10.0 Å². The molecule has 2 N–H and O–H groups in total. The molecule has 0 atom stereocenters. The Kier molecular flexibility index (Phi) is 5.14. The summed E-state index contributed by atoms with van der Waals surface area (Å²) in [5.41, 5.74) is 7.13. The summed E-state index contributed by atoms with van der Waals surface area (Å²) in [4.78, 5) is 15.7. The molecule has 0 saturated heterocycles. The van der Waals surface area contributed by atoms with E-state index in [2.05, 4.69) is 4.99 Å². The maximum atomic E-state index is 11.6. The Morgan fingerprint density at radius 3 is 2.38 bits per heavy atom. The number of nitrogens with zero attached hydrogens (tertiary/aromatic N) is 1. The van der Waals surface area contributed by atoms with E-state index < -0.39 is 0 Å². The van der Waals surface area contributed by atoms with Crippen molar-refractivity contribution >= 4 is 52.1 Å². The molecule has 0 aromatic heterocycles. The van der Waals surface area contributed by atoms with Crippen LogP contribution in [0.4, 0.5) is 0 Å². The minimum Gasteiger partial charge on any atom is -0.489 e. The Balaban J connectivity index is 1.67. The van der Waals surface area contributed by atoms with Crippen molar-refractivity contribution in [2.75, 3.05) is 0 Å². The van der Waals surface area contributed by atoms with E-state index in [9.17, 15) is 4.79 Å². The monoisotopic (exact) mass is 378 g/mol. The summed E-state index contributed by atoms with van der Waals surface area (Å²) < 4.78 is 5.71. The molecule has 0 spiro atoms. The Hall–Kier alpha value is -1.95. The van der Waals surface area contributed by atoms with Crippen LogP contribution >= 0.6 is 35.0 Å². The third-order valence-electron chi connectivity index (χ3n) is 3.26. The molecule has 4 nitrogen and oxygen atoms in total. The van der Waals surface area contributed by atoms with Crippen LogP contribution < -0.4 is 10.5 Å². The second-order valence-corrected chi connectivity index (χ2v) is 6.80. The molecule has 2 aromatic carbocycles. The van der Waals surface area contributed by atoms with Crippen LogP contribution in [-0.4, -0.2) is 11.1 Å². The Morgan fingerprint density at radius 2 is 1.79 bits per heavy atom. The summed E-state index contributed by atoms with van der Waals surface area (Å²) in [5.74, 6) is 0.362. The first kappa shape index (κ1) is 16.9. The van der Waals surface area contributed by atoms with Gasteiger partial charge >= 0.3 is 0 Å². The second kappa shape index (κ2) is 7.30. The highest BCUT2D eigenvalue weighted by molar-refractivity contribution is 8.18. The van der Waals surface area contributed by atoms with E-state index in [4.69, 9.17) is 33.7 Å². The van der Waals surface area contributed by atoms with Gasteiger partial charge in [0.2, 0.25) is 0 Å². The van der Waals surface area contributed by atoms with Gasteiger partial charge in [-0.15, -0.1) is 0 Å². The van der Waals surface area contributed by atoms with E-state index in [-0.39, 0.29) is 17.7 Å². The number of amides is 1. The molecule has 24 heavy (non-hydrogen) atoms. The molecule has 0 fully saturated rings. The lowest BCUT2D eigenvalue weighted by atomic mass is 10.2.